The molecule has 1 unspecified atom stereocenters. The van der Waals surface area contributed by atoms with Crippen molar-refractivity contribution < 1.29 is 23.8 Å². The van der Waals surface area contributed by atoms with Crippen LogP contribution < -0.4 is 10.1 Å². The van der Waals surface area contributed by atoms with E-state index < -0.39 is 11.7 Å². The molecule has 2 aromatic rings. The molecule has 1 saturated carbocycles. The lowest BCUT2D eigenvalue weighted by molar-refractivity contribution is -0.123. The van der Waals surface area contributed by atoms with Gasteiger partial charge >= 0.3 is 0 Å². The maximum atomic E-state index is 14.0. The molecule has 0 spiro atoms. The van der Waals surface area contributed by atoms with Crippen molar-refractivity contribution in [3.05, 3.63) is 51.8 Å². The van der Waals surface area contributed by atoms with Gasteiger partial charge in [0.15, 0.2) is 0 Å². The van der Waals surface area contributed by atoms with Crippen LogP contribution in [0.25, 0.3) is 0 Å². The zero-order chi connectivity index (χ0) is 25.3. The topological polar surface area (TPSA) is 128 Å². The molecule has 1 aromatic heterocycles. The molecule has 2 aliphatic rings. The van der Waals surface area contributed by atoms with Crippen molar-refractivity contribution in [1.29, 1.82) is 5.41 Å². The predicted molar refractivity (Wildman–Crippen MR) is 127 cm³/mol. The smallest absolute Gasteiger partial charge is 0.257 e. The number of hydrogen-bond donors (Lipinski definition) is 3. The molecule has 0 radical (unpaired) electrons. The lowest BCUT2D eigenvalue weighted by Crippen LogP contribution is -2.49. The molecule has 1 atom stereocenters. The average molecular weight is 504 g/mol. The largest absolute Gasteiger partial charge is 0.489 e. The third kappa shape index (κ3) is 5.43. The summed E-state index contributed by atoms with van der Waals surface area (Å²) < 4.78 is 19.9. The summed E-state index contributed by atoms with van der Waals surface area (Å²) in [5, 5.41) is 20.5. The van der Waals surface area contributed by atoms with Gasteiger partial charge in [0.05, 0.1) is 41.0 Å². The van der Waals surface area contributed by atoms with Crippen molar-refractivity contribution >= 4 is 29.1 Å². The molecule has 1 aromatic carbocycles. The van der Waals surface area contributed by atoms with Crippen molar-refractivity contribution in [2.24, 2.45) is 0 Å². The van der Waals surface area contributed by atoms with E-state index in [2.05, 4.69) is 15.3 Å². The van der Waals surface area contributed by atoms with E-state index >= 15 is 0 Å². The van der Waals surface area contributed by atoms with E-state index in [4.69, 9.17) is 26.9 Å². The quantitative estimate of drug-likeness (QED) is 0.532. The van der Waals surface area contributed by atoms with Gasteiger partial charge in [-0.3, -0.25) is 9.59 Å². The van der Waals surface area contributed by atoms with Crippen LogP contribution in [0.3, 0.4) is 0 Å². The summed E-state index contributed by atoms with van der Waals surface area (Å²) in [6.45, 7) is 3.65. The molecule has 1 aliphatic carbocycles. The van der Waals surface area contributed by atoms with E-state index in [9.17, 15) is 14.0 Å². The molecule has 0 bridgehead atoms. The van der Waals surface area contributed by atoms with Crippen molar-refractivity contribution in [2.75, 3.05) is 19.7 Å². The van der Waals surface area contributed by atoms with Crippen molar-refractivity contribution in [2.45, 2.75) is 51.2 Å². The van der Waals surface area contributed by atoms with Crippen molar-refractivity contribution in [3.8, 4) is 5.75 Å². The Kier molecular flexibility index (Phi) is 7.32. The molecule has 2 heterocycles. The van der Waals surface area contributed by atoms with E-state index in [0.717, 1.165) is 0 Å². The maximum absolute atomic E-state index is 14.0. The van der Waals surface area contributed by atoms with Gasteiger partial charge in [-0.25, -0.2) is 14.4 Å². The Morgan fingerprint density at radius 3 is 2.63 bits per heavy atom. The number of amides is 2. The van der Waals surface area contributed by atoms with Gasteiger partial charge in [-0.2, -0.15) is 0 Å². The Balaban J connectivity index is 1.45. The molecule has 186 valence electrons. The number of aliphatic hydroxyl groups excluding tert-OH is 1. The zero-order valence-corrected chi connectivity index (χ0v) is 20.2. The van der Waals surface area contributed by atoms with E-state index in [1.54, 1.807) is 13.8 Å². The Hall–Kier alpha value is -3.11. The molecule has 11 heteroatoms. The van der Waals surface area contributed by atoms with Gasteiger partial charge in [-0.15, -0.1) is 0 Å². The Morgan fingerprint density at radius 1 is 1.29 bits per heavy atom. The SMILES string of the molecule is Cc1nc(C2CN(C(=O)c3ccc(F)cc3OC3CC(NC(=O)CCO)C3)CC2=N)nc(C)c1Cl. The molecule has 1 aliphatic heterocycles. The first-order valence-electron chi connectivity index (χ1n) is 11.4. The minimum Gasteiger partial charge on any atom is -0.489 e. The first kappa shape index (κ1) is 25.0. The summed E-state index contributed by atoms with van der Waals surface area (Å²) in [5.41, 5.74) is 1.75. The first-order valence-corrected chi connectivity index (χ1v) is 11.8. The third-order valence-electron chi connectivity index (χ3n) is 6.25. The van der Waals surface area contributed by atoms with Crippen molar-refractivity contribution in [3.63, 3.8) is 0 Å². The van der Waals surface area contributed by atoms with Gasteiger partial charge in [-0.05, 0) is 26.0 Å². The zero-order valence-electron chi connectivity index (χ0n) is 19.5. The highest BCUT2D eigenvalue weighted by Crippen LogP contribution is 2.32. The monoisotopic (exact) mass is 503 g/mol. The van der Waals surface area contributed by atoms with Crippen LogP contribution in [-0.4, -0.2) is 69.3 Å². The number of carbonyl (C=O) groups is 2. The number of likely N-dealkylation sites (tertiary alicyclic amines) is 1. The van der Waals surface area contributed by atoms with Crippen molar-refractivity contribution in [1.82, 2.24) is 20.2 Å². The number of aliphatic hydroxyl groups is 1. The van der Waals surface area contributed by atoms with Crippen LogP contribution in [0.5, 0.6) is 5.75 Å². The van der Waals surface area contributed by atoms with Crippen LogP contribution in [0, 0.1) is 25.1 Å². The van der Waals surface area contributed by atoms with Gasteiger partial charge in [0, 0.05) is 43.6 Å². The fourth-order valence-corrected chi connectivity index (χ4v) is 4.37. The molecule has 9 nitrogen and oxygen atoms in total. The fraction of sp³-hybridized carbons (Fsp3) is 0.458. The highest BCUT2D eigenvalue weighted by molar-refractivity contribution is 6.31. The van der Waals surface area contributed by atoms with Crippen LogP contribution in [0.1, 0.15) is 52.8 Å². The van der Waals surface area contributed by atoms with Gasteiger partial charge in [0.25, 0.3) is 5.91 Å². The average Bonchev–Trinajstić information content (AvgIpc) is 3.17. The Bertz CT molecular complexity index is 1150. The van der Waals surface area contributed by atoms with E-state index in [1.807, 2.05) is 0 Å². The van der Waals surface area contributed by atoms with Crippen LogP contribution in [-0.2, 0) is 4.79 Å². The Labute approximate surface area is 207 Å². The third-order valence-corrected chi connectivity index (χ3v) is 6.80. The summed E-state index contributed by atoms with van der Waals surface area (Å²) >= 11 is 6.17. The first-order chi connectivity index (χ1) is 16.7. The lowest BCUT2D eigenvalue weighted by atomic mass is 9.89. The molecular formula is C24H27ClFN5O4. The van der Waals surface area contributed by atoms with Gasteiger partial charge in [0.2, 0.25) is 5.91 Å². The van der Waals surface area contributed by atoms with Crippen LogP contribution in [0.2, 0.25) is 5.02 Å². The summed E-state index contributed by atoms with van der Waals surface area (Å²) in [6, 6.07) is 3.68. The molecule has 35 heavy (non-hydrogen) atoms. The summed E-state index contributed by atoms with van der Waals surface area (Å²) in [4.78, 5) is 35.3. The number of ether oxygens (including phenoxy) is 1. The van der Waals surface area contributed by atoms with Crippen LogP contribution in [0.15, 0.2) is 18.2 Å². The maximum Gasteiger partial charge on any atom is 0.257 e. The predicted octanol–water partition coefficient (Wildman–Crippen LogP) is 2.55. The normalized spacial score (nSPS) is 21.6. The number of nitrogens with one attached hydrogen (secondary N) is 2. The number of carbonyl (C=O) groups excluding carboxylic acids is 2. The van der Waals surface area contributed by atoms with Gasteiger partial charge < -0.3 is 25.5 Å². The number of nitrogens with zero attached hydrogens (tertiary/aromatic N) is 3. The number of benzene rings is 1. The second-order valence-corrected chi connectivity index (χ2v) is 9.30. The highest BCUT2D eigenvalue weighted by Gasteiger charge is 2.37. The molecule has 4 rings (SSSR count). The van der Waals surface area contributed by atoms with Gasteiger partial charge in [-0.1, -0.05) is 11.6 Å². The fourth-order valence-electron chi connectivity index (χ4n) is 4.29. The number of aryl methyl sites for hydroxylation is 2. The number of rotatable bonds is 7. The van der Waals surface area contributed by atoms with Crippen LogP contribution in [0.4, 0.5) is 4.39 Å². The minimum absolute atomic E-state index is 0.0383. The standard InChI is InChI=1S/C24H27ClFN5O4/c1-12-22(25)13(2)29-23(28-12)18-10-31(11-19(18)27)24(34)17-4-3-14(26)7-20(17)35-16-8-15(9-16)30-21(33)5-6-32/h3-4,7,15-16,18,27,32H,5-6,8-11H2,1-2H3,(H,30,33). The Morgan fingerprint density at radius 2 is 1.97 bits per heavy atom. The minimum atomic E-state index is -0.531. The lowest BCUT2D eigenvalue weighted by Gasteiger charge is -2.36. The molecule has 2 fully saturated rings. The number of hydrogen-bond acceptors (Lipinski definition) is 7. The van der Waals surface area contributed by atoms with Gasteiger partial charge in [0.1, 0.15) is 23.5 Å². The number of halogens is 2. The van der Waals surface area contributed by atoms with E-state index in [-0.39, 0.29) is 61.4 Å². The summed E-state index contributed by atoms with van der Waals surface area (Å²) in [7, 11) is 0. The summed E-state index contributed by atoms with van der Waals surface area (Å²) in [6.07, 6.45) is 0.798. The molecule has 1 saturated heterocycles. The molecule has 2 amide bonds. The van der Waals surface area contributed by atoms with E-state index in [1.165, 1.54) is 23.1 Å². The molecule has 3 N–H and O–H groups in total. The number of aromatic nitrogens is 2. The molecular weight excluding hydrogens is 477 g/mol. The highest BCUT2D eigenvalue weighted by atomic mass is 35.5. The van der Waals surface area contributed by atoms with E-state index in [0.29, 0.717) is 40.8 Å². The second kappa shape index (κ2) is 10.2. The summed E-state index contributed by atoms with van der Waals surface area (Å²) in [5.74, 6) is -1.02. The second-order valence-electron chi connectivity index (χ2n) is 8.92. The van der Waals surface area contributed by atoms with Crippen LogP contribution >= 0.6 is 11.6 Å².